The Kier molecular flexibility index (Phi) is 4.42. The number of ether oxygens (including phenoxy) is 1. The van der Waals surface area contributed by atoms with Crippen molar-refractivity contribution >= 4 is 16.9 Å². The molecule has 2 N–H and O–H groups in total. The zero-order chi connectivity index (χ0) is 14.7. The highest BCUT2D eigenvalue weighted by Crippen LogP contribution is 2.26. The SMILES string of the molecule is COCC(N)C(=O)N(C)C(C)c1cc2ccccc2o1. The topological polar surface area (TPSA) is 68.7 Å². The van der Waals surface area contributed by atoms with Gasteiger partial charge in [-0.2, -0.15) is 0 Å². The molecule has 2 aromatic rings. The molecule has 20 heavy (non-hydrogen) atoms. The van der Waals surface area contributed by atoms with Crippen LogP contribution in [0.15, 0.2) is 34.7 Å². The standard InChI is InChI=1S/C15H20N2O3/c1-10(17(2)15(18)12(16)9-19-3)14-8-11-6-4-5-7-13(11)20-14/h4-8,10,12H,9,16H2,1-3H3. The summed E-state index contributed by atoms with van der Waals surface area (Å²) in [4.78, 5) is 13.7. The number of nitrogens with zero attached hydrogens (tertiary/aromatic N) is 1. The molecule has 5 nitrogen and oxygen atoms in total. The summed E-state index contributed by atoms with van der Waals surface area (Å²) in [6.45, 7) is 2.12. The molecule has 1 heterocycles. The molecule has 0 saturated carbocycles. The number of amides is 1. The first-order chi connectivity index (χ1) is 9.54. The lowest BCUT2D eigenvalue weighted by atomic mass is 10.1. The van der Waals surface area contributed by atoms with Gasteiger partial charge in [-0.3, -0.25) is 4.79 Å². The van der Waals surface area contributed by atoms with Crippen molar-refractivity contribution in [1.82, 2.24) is 4.90 Å². The lowest BCUT2D eigenvalue weighted by Gasteiger charge is -2.25. The number of hydrogen-bond donors (Lipinski definition) is 1. The molecule has 0 spiro atoms. The van der Waals surface area contributed by atoms with Crippen LogP contribution in [-0.2, 0) is 9.53 Å². The monoisotopic (exact) mass is 276 g/mol. The minimum atomic E-state index is -0.656. The minimum Gasteiger partial charge on any atom is -0.459 e. The van der Waals surface area contributed by atoms with Crippen LogP contribution in [0.2, 0.25) is 0 Å². The van der Waals surface area contributed by atoms with Gasteiger partial charge in [-0.15, -0.1) is 0 Å². The van der Waals surface area contributed by atoms with Gasteiger partial charge in [-0.25, -0.2) is 0 Å². The molecule has 0 aliphatic carbocycles. The van der Waals surface area contributed by atoms with Crippen molar-refractivity contribution in [3.63, 3.8) is 0 Å². The number of para-hydroxylation sites is 1. The number of hydrogen-bond acceptors (Lipinski definition) is 4. The Morgan fingerprint density at radius 3 is 2.80 bits per heavy atom. The Morgan fingerprint density at radius 1 is 1.45 bits per heavy atom. The molecule has 1 aromatic carbocycles. The van der Waals surface area contributed by atoms with E-state index < -0.39 is 6.04 Å². The molecule has 108 valence electrons. The molecular weight excluding hydrogens is 256 g/mol. The zero-order valence-corrected chi connectivity index (χ0v) is 12.0. The molecule has 2 atom stereocenters. The summed E-state index contributed by atoms with van der Waals surface area (Å²) < 4.78 is 10.7. The van der Waals surface area contributed by atoms with Gasteiger partial charge in [0.25, 0.3) is 0 Å². The van der Waals surface area contributed by atoms with E-state index in [1.165, 1.54) is 7.11 Å². The smallest absolute Gasteiger partial charge is 0.242 e. The highest BCUT2D eigenvalue weighted by atomic mass is 16.5. The summed E-state index contributed by atoms with van der Waals surface area (Å²) in [6, 6.07) is 8.87. The third-order valence-electron chi connectivity index (χ3n) is 3.45. The Bertz CT molecular complexity index is 561. The average Bonchev–Trinajstić information content (AvgIpc) is 2.89. The van der Waals surface area contributed by atoms with Gasteiger partial charge in [0.05, 0.1) is 12.6 Å². The molecule has 1 amide bonds. The van der Waals surface area contributed by atoms with E-state index in [0.29, 0.717) is 0 Å². The van der Waals surface area contributed by atoms with Gasteiger partial charge in [0.15, 0.2) is 0 Å². The van der Waals surface area contributed by atoms with Gasteiger partial charge < -0.3 is 19.8 Å². The Balaban J connectivity index is 2.17. The summed E-state index contributed by atoms with van der Waals surface area (Å²) in [6.07, 6.45) is 0. The van der Waals surface area contributed by atoms with Crippen LogP contribution in [0, 0.1) is 0 Å². The average molecular weight is 276 g/mol. The molecule has 0 aliphatic heterocycles. The quantitative estimate of drug-likeness (QED) is 0.906. The Morgan fingerprint density at radius 2 is 2.15 bits per heavy atom. The summed E-state index contributed by atoms with van der Waals surface area (Å²) in [7, 11) is 3.24. The molecule has 1 aromatic heterocycles. The summed E-state index contributed by atoms with van der Waals surface area (Å²) in [5.41, 5.74) is 6.59. The predicted molar refractivity (Wildman–Crippen MR) is 77.3 cm³/mol. The number of likely N-dealkylation sites (N-methyl/N-ethyl adjacent to an activating group) is 1. The molecule has 2 unspecified atom stereocenters. The van der Waals surface area contributed by atoms with Crippen molar-refractivity contribution in [3.05, 3.63) is 36.1 Å². The lowest BCUT2D eigenvalue weighted by Crippen LogP contribution is -2.45. The second-order valence-electron chi connectivity index (χ2n) is 4.87. The van der Waals surface area contributed by atoms with Crippen LogP contribution < -0.4 is 5.73 Å². The maximum atomic E-state index is 12.1. The van der Waals surface area contributed by atoms with E-state index in [9.17, 15) is 4.79 Å². The number of nitrogens with two attached hydrogens (primary N) is 1. The molecule has 0 aliphatic rings. The van der Waals surface area contributed by atoms with Crippen LogP contribution in [0.25, 0.3) is 11.0 Å². The van der Waals surface area contributed by atoms with E-state index >= 15 is 0 Å². The van der Waals surface area contributed by atoms with E-state index in [4.69, 9.17) is 14.9 Å². The summed E-state index contributed by atoms with van der Waals surface area (Å²) in [5, 5.41) is 1.02. The Labute approximate surface area is 118 Å². The lowest BCUT2D eigenvalue weighted by molar-refractivity contribution is -0.134. The molecule has 0 fully saturated rings. The third-order valence-corrected chi connectivity index (χ3v) is 3.45. The van der Waals surface area contributed by atoms with Crippen LogP contribution in [-0.4, -0.2) is 37.6 Å². The Hall–Kier alpha value is -1.85. The number of carbonyl (C=O) groups excluding carboxylic acids is 1. The third kappa shape index (κ3) is 2.84. The minimum absolute atomic E-state index is 0.167. The first-order valence-corrected chi connectivity index (χ1v) is 6.54. The highest BCUT2D eigenvalue weighted by molar-refractivity contribution is 5.82. The van der Waals surface area contributed by atoms with E-state index in [1.807, 2.05) is 37.3 Å². The van der Waals surface area contributed by atoms with Crippen LogP contribution in [0.4, 0.5) is 0 Å². The van der Waals surface area contributed by atoms with Gasteiger partial charge in [0, 0.05) is 19.5 Å². The largest absolute Gasteiger partial charge is 0.459 e. The van der Waals surface area contributed by atoms with E-state index in [-0.39, 0.29) is 18.6 Å². The molecule has 5 heteroatoms. The van der Waals surface area contributed by atoms with Crippen molar-refractivity contribution in [3.8, 4) is 0 Å². The van der Waals surface area contributed by atoms with E-state index in [1.54, 1.807) is 11.9 Å². The summed E-state index contributed by atoms with van der Waals surface area (Å²) >= 11 is 0. The fourth-order valence-electron chi connectivity index (χ4n) is 2.10. The van der Waals surface area contributed by atoms with Gasteiger partial charge >= 0.3 is 0 Å². The highest BCUT2D eigenvalue weighted by Gasteiger charge is 2.24. The van der Waals surface area contributed by atoms with Gasteiger partial charge in [0.1, 0.15) is 17.4 Å². The second-order valence-corrected chi connectivity index (χ2v) is 4.87. The molecular formula is C15H20N2O3. The number of fused-ring (bicyclic) bond motifs is 1. The number of furan rings is 1. The van der Waals surface area contributed by atoms with Crippen molar-refractivity contribution in [2.45, 2.75) is 19.0 Å². The van der Waals surface area contributed by atoms with Gasteiger partial charge in [-0.1, -0.05) is 18.2 Å². The molecule has 0 saturated heterocycles. The first-order valence-electron chi connectivity index (χ1n) is 6.54. The van der Waals surface area contributed by atoms with Crippen molar-refractivity contribution in [1.29, 1.82) is 0 Å². The van der Waals surface area contributed by atoms with Crippen LogP contribution in [0.1, 0.15) is 18.7 Å². The summed E-state index contributed by atoms with van der Waals surface area (Å²) in [5.74, 6) is 0.575. The molecule has 0 radical (unpaired) electrons. The van der Waals surface area contributed by atoms with Crippen LogP contribution in [0.3, 0.4) is 0 Å². The first kappa shape index (κ1) is 14.6. The van der Waals surface area contributed by atoms with Crippen molar-refractivity contribution in [2.75, 3.05) is 20.8 Å². The van der Waals surface area contributed by atoms with Crippen molar-refractivity contribution in [2.24, 2.45) is 5.73 Å². The predicted octanol–water partition coefficient (Wildman–Crippen LogP) is 1.93. The molecule has 2 rings (SSSR count). The van der Waals surface area contributed by atoms with E-state index in [0.717, 1.165) is 16.7 Å². The molecule has 0 bridgehead atoms. The number of benzene rings is 1. The van der Waals surface area contributed by atoms with Crippen molar-refractivity contribution < 1.29 is 13.9 Å². The van der Waals surface area contributed by atoms with Crippen LogP contribution >= 0.6 is 0 Å². The number of carbonyl (C=O) groups is 1. The van der Waals surface area contributed by atoms with Crippen LogP contribution in [0.5, 0.6) is 0 Å². The second kappa shape index (κ2) is 6.07. The maximum Gasteiger partial charge on any atom is 0.242 e. The zero-order valence-electron chi connectivity index (χ0n) is 12.0. The number of rotatable bonds is 5. The fourth-order valence-corrected chi connectivity index (χ4v) is 2.10. The van der Waals surface area contributed by atoms with Gasteiger partial charge in [0.2, 0.25) is 5.91 Å². The van der Waals surface area contributed by atoms with E-state index in [2.05, 4.69) is 0 Å². The fraction of sp³-hybridized carbons (Fsp3) is 0.400. The normalized spacial score (nSPS) is 14.2. The number of methoxy groups -OCH3 is 1. The van der Waals surface area contributed by atoms with Gasteiger partial charge in [-0.05, 0) is 19.1 Å². The maximum absolute atomic E-state index is 12.1.